The minimum Gasteiger partial charge on any atom is -0.455 e. The molecule has 182 valence electrons. The molecule has 0 spiro atoms. The molecule has 1 heterocycles. The Balaban J connectivity index is 1.55. The summed E-state index contributed by atoms with van der Waals surface area (Å²) in [6, 6.07) is 4.79. The van der Waals surface area contributed by atoms with Crippen molar-refractivity contribution in [2.75, 3.05) is 29.9 Å². The van der Waals surface area contributed by atoms with Gasteiger partial charge in [0, 0.05) is 25.2 Å². The van der Waals surface area contributed by atoms with E-state index in [1.807, 2.05) is 0 Å². The van der Waals surface area contributed by atoms with E-state index >= 15 is 0 Å². The SMILES string of the molecule is O=C(COC(=O)C1CCN(c2ccc(C(F)(F)F)cc2[N+](=O)[O-])CC1)Nc1ccc(F)cc1F. The Morgan fingerprint density at radius 3 is 2.38 bits per heavy atom. The van der Waals surface area contributed by atoms with Crippen LogP contribution in [0, 0.1) is 27.7 Å². The monoisotopic (exact) mass is 487 g/mol. The Hall–Kier alpha value is -3.77. The van der Waals surface area contributed by atoms with Crippen molar-refractivity contribution < 1.29 is 41.2 Å². The number of hydrogen-bond acceptors (Lipinski definition) is 6. The van der Waals surface area contributed by atoms with E-state index in [1.165, 1.54) is 4.90 Å². The molecule has 0 atom stereocenters. The first-order chi connectivity index (χ1) is 16.0. The molecule has 0 radical (unpaired) electrons. The maximum absolute atomic E-state index is 13.6. The standard InChI is InChI=1S/C21H18F5N3O5/c22-14-2-3-16(15(23)10-14)27-19(30)11-34-20(31)12-5-7-28(8-6-12)17-4-1-13(21(24,25)26)9-18(17)29(32)33/h1-4,9-10,12H,5-8,11H2,(H,27,30). The van der Waals surface area contributed by atoms with Gasteiger partial charge in [-0.25, -0.2) is 8.78 Å². The van der Waals surface area contributed by atoms with Crippen LogP contribution in [0.3, 0.4) is 0 Å². The Labute approximate surface area is 189 Å². The van der Waals surface area contributed by atoms with Gasteiger partial charge in [-0.05, 0) is 37.1 Å². The number of halogens is 5. The van der Waals surface area contributed by atoms with Gasteiger partial charge in [0.15, 0.2) is 6.61 Å². The number of esters is 1. The average Bonchev–Trinajstić information content (AvgIpc) is 2.78. The predicted molar refractivity (Wildman–Crippen MR) is 109 cm³/mol. The summed E-state index contributed by atoms with van der Waals surface area (Å²) in [5, 5.41) is 13.4. The second kappa shape index (κ2) is 10.0. The Morgan fingerprint density at radius 1 is 1.12 bits per heavy atom. The van der Waals surface area contributed by atoms with Crippen LogP contribution in [0.2, 0.25) is 0 Å². The number of carbonyl (C=O) groups is 2. The number of piperidine rings is 1. The molecule has 1 fully saturated rings. The highest BCUT2D eigenvalue weighted by atomic mass is 19.4. The zero-order valence-electron chi connectivity index (χ0n) is 17.4. The van der Waals surface area contributed by atoms with Gasteiger partial charge in [-0.2, -0.15) is 13.2 Å². The van der Waals surface area contributed by atoms with E-state index in [4.69, 9.17) is 4.74 Å². The van der Waals surface area contributed by atoms with E-state index in [-0.39, 0.29) is 37.3 Å². The lowest BCUT2D eigenvalue weighted by Crippen LogP contribution is -2.38. The summed E-state index contributed by atoms with van der Waals surface area (Å²) < 4.78 is 70.1. The third-order valence-electron chi connectivity index (χ3n) is 5.22. The number of nitrogens with zero attached hydrogens (tertiary/aromatic N) is 2. The zero-order valence-corrected chi connectivity index (χ0v) is 17.4. The van der Waals surface area contributed by atoms with Gasteiger partial charge in [-0.3, -0.25) is 19.7 Å². The summed E-state index contributed by atoms with van der Waals surface area (Å²) in [6.07, 6.45) is -4.36. The molecular weight excluding hydrogens is 469 g/mol. The molecule has 0 unspecified atom stereocenters. The summed E-state index contributed by atoms with van der Waals surface area (Å²) in [5.41, 5.74) is -2.11. The maximum atomic E-state index is 13.6. The molecule has 2 aromatic rings. The van der Waals surface area contributed by atoms with Crippen LogP contribution in [-0.2, 0) is 20.5 Å². The van der Waals surface area contributed by atoms with Crippen LogP contribution in [0.1, 0.15) is 18.4 Å². The van der Waals surface area contributed by atoms with Crippen molar-refractivity contribution in [3.63, 3.8) is 0 Å². The van der Waals surface area contributed by atoms with Crippen LogP contribution < -0.4 is 10.2 Å². The van der Waals surface area contributed by atoms with Gasteiger partial charge in [0.2, 0.25) is 0 Å². The van der Waals surface area contributed by atoms with E-state index in [9.17, 15) is 41.7 Å². The second-order valence-electron chi connectivity index (χ2n) is 7.50. The average molecular weight is 487 g/mol. The highest BCUT2D eigenvalue weighted by Gasteiger charge is 2.35. The summed E-state index contributed by atoms with van der Waals surface area (Å²) in [5.74, 6) is -4.01. The molecule has 13 heteroatoms. The fourth-order valence-corrected chi connectivity index (χ4v) is 3.50. The summed E-state index contributed by atoms with van der Waals surface area (Å²) >= 11 is 0. The predicted octanol–water partition coefficient (Wildman–Crippen LogP) is 4.29. The number of nitro groups is 1. The highest BCUT2D eigenvalue weighted by Crippen LogP contribution is 2.37. The minimum atomic E-state index is -4.73. The van der Waals surface area contributed by atoms with Gasteiger partial charge >= 0.3 is 12.1 Å². The summed E-state index contributed by atoms with van der Waals surface area (Å²) in [7, 11) is 0. The van der Waals surface area contributed by atoms with Crippen LogP contribution >= 0.6 is 0 Å². The lowest BCUT2D eigenvalue weighted by atomic mass is 9.96. The summed E-state index contributed by atoms with van der Waals surface area (Å²) in [6.45, 7) is -0.432. The number of hydrogen-bond donors (Lipinski definition) is 1. The van der Waals surface area contributed by atoms with E-state index in [1.54, 1.807) is 0 Å². The third kappa shape index (κ3) is 5.97. The Bertz CT molecular complexity index is 1100. The quantitative estimate of drug-likeness (QED) is 0.282. The minimum absolute atomic E-state index is 0.00511. The zero-order chi connectivity index (χ0) is 25.0. The number of amides is 1. The smallest absolute Gasteiger partial charge is 0.416 e. The van der Waals surface area contributed by atoms with Crippen molar-refractivity contribution in [1.82, 2.24) is 0 Å². The fourth-order valence-electron chi connectivity index (χ4n) is 3.50. The van der Waals surface area contributed by atoms with E-state index in [0.717, 1.165) is 24.3 Å². The van der Waals surface area contributed by atoms with Gasteiger partial charge in [0.05, 0.1) is 22.1 Å². The Kier molecular flexibility index (Phi) is 7.32. The van der Waals surface area contributed by atoms with Crippen molar-refractivity contribution in [3.8, 4) is 0 Å². The van der Waals surface area contributed by atoms with Gasteiger partial charge < -0.3 is 15.0 Å². The van der Waals surface area contributed by atoms with Crippen molar-refractivity contribution in [3.05, 3.63) is 63.7 Å². The molecule has 0 saturated carbocycles. The number of anilines is 2. The van der Waals surface area contributed by atoms with Gasteiger partial charge in [0.25, 0.3) is 11.6 Å². The van der Waals surface area contributed by atoms with Crippen LogP contribution in [0.4, 0.5) is 39.0 Å². The topological polar surface area (TPSA) is 102 Å². The van der Waals surface area contributed by atoms with Crippen molar-refractivity contribution in [1.29, 1.82) is 0 Å². The molecule has 1 N–H and O–H groups in total. The van der Waals surface area contributed by atoms with Crippen molar-refractivity contribution in [2.24, 2.45) is 5.92 Å². The van der Waals surface area contributed by atoms with E-state index < -0.39 is 58.4 Å². The number of nitro benzene ring substituents is 1. The molecule has 1 saturated heterocycles. The first-order valence-corrected chi connectivity index (χ1v) is 9.98. The van der Waals surface area contributed by atoms with E-state index in [2.05, 4.69) is 5.32 Å². The normalized spacial score (nSPS) is 14.6. The molecule has 2 aromatic carbocycles. The molecule has 1 aliphatic heterocycles. The van der Waals surface area contributed by atoms with Gasteiger partial charge in [0.1, 0.15) is 17.3 Å². The van der Waals surface area contributed by atoms with Gasteiger partial charge in [-0.1, -0.05) is 0 Å². The van der Waals surface area contributed by atoms with Crippen LogP contribution in [-0.4, -0.2) is 36.5 Å². The van der Waals surface area contributed by atoms with Gasteiger partial charge in [-0.15, -0.1) is 0 Å². The third-order valence-corrected chi connectivity index (χ3v) is 5.22. The number of nitrogens with one attached hydrogen (secondary N) is 1. The molecule has 1 aliphatic rings. The van der Waals surface area contributed by atoms with Crippen LogP contribution in [0.25, 0.3) is 0 Å². The number of ether oxygens (including phenoxy) is 1. The van der Waals surface area contributed by atoms with Crippen LogP contribution in [0.15, 0.2) is 36.4 Å². The second-order valence-corrected chi connectivity index (χ2v) is 7.50. The number of alkyl halides is 3. The van der Waals surface area contributed by atoms with Crippen molar-refractivity contribution in [2.45, 2.75) is 19.0 Å². The highest BCUT2D eigenvalue weighted by molar-refractivity contribution is 5.93. The van der Waals surface area contributed by atoms with Crippen molar-refractivity contribution >= 4 is 28.9 Å². The number of benzene rings is 2. The molecule has 0 bridgehead atoms. The fraction of sp³-hybridized carbons (Fsp3) is 0.333. The maximum Gasteiger partial charge on any atom is 0.416 e. The van der Waals surface area contributed by atoms with Crippen LogP contribution in [0.5, 0.6) is 0 Å². The molecule has 1 amide bonds. The number of carbonyl (C=O) groups excluding carboxylic acids is 2. The largest absolute Gasteiger partial charge is 0.455 e. The molecule has 8 nitrogen and oxygen atoms in total. The molecule has 0 aromatic heterocycles. The Morgan fingerprint density at radius 2 is 1.79 bits per heavy atom. The lowest BCUT2D eigenvalue weighted by molar-refractivity contribution is -0.384. The first kappa shape index (κ1) is 24.9. The lowest BCUT2D eigenvalue weighted by Gasteiger charge is -2.32. The first-order valence-electron chi connectivity index (χ1n) is 9.98. The molecular formula is C21H18F5N3O5. The summed E-state index contributed by atoms with van der Waals surface area (Å²) in [4.78, 5) is 36.0. The molecule has 3 rings (SSSR count). The number of rotatable bonds is 6. The van der Waals surface area contributed by atoms with E-state index in [0.29, 0.717) is 12.1 Å². The molecule has 0 aliphatic carbocycles. The molecule has 34 heavy (non-hydrogen) atoms.